The Kier molecular flexibility index (Phi) is 5.58. The first-order valence-corrected chi connectivity index (χ1v) is 10.7. The van der Waals surface area contributed by atoms with Crippen LogP contribution in [0, 0.1) is 13.8 Å². The van der Waals surface area contributed by atoms with Gasteiger partial charge >= 0.3 is 0 Å². The lowest BCUT2D eigenvalue weighted by Crippen LogP contribution is -2.27. The summed E-state index contributed by atoms with van der Waals surface area (Å²) in [4.78, 5) is 33.8. The number of H-pyrrole nitrogens is 1. The van der Waals surface area contributed by atoms with Crippen LogP contribution in [0.4, 0.5) is 0 Å². The monoisotopic (exact) mass is 408 g/mol. The zero-order chi connectivity index (χ0) is 20.4. The first-order chi connectivity index (χ1) is 14.0. The van der Waals surface area contributed by atoms with Gasteiger partial charge in [-0.15, -0.1) is 11.3 Å². The van der Waals surface area contributed by atoms with E-state index < -0.39 is 0 Å². The van der Waals surface area contributed by atoms with Crippen molar-refractivity contribution in [3.05, 3.63) is 62.5 Å². The number of aromatic amines is 1. The lowest BCUT2D eigenvalue weighted by Gasteiger charge is -2.24. The van der Waals surface area contributed by atoms with Gasteiger partial charge in [-0.05, 0) is 44.2 Å². The van der Waals surface area contributed by atoms with Gasteiger partial charge in [-0.25, -0.2) is 10.4 Å². The zero-order valence-electron chi connectivity index (χ0n) is 16.6. The second kappa shape index (κ2) is 8.29. The number of carbonyl (C=O) groups is 1. The smallest absolute Gasteiger partial charge is 0.259 e. The maximum Gasteiger partial charge on any atom is 0.259 e. The molecular weight excluding hydrogens is 384 g/mol. The normalized spacial score (nSPS) is 18.3. The van der Waals surface area contributed by atoms with Gasteiger partial charge in [0.05, 0.1) is 11.8 Å². The highest BCUT2D eigenvalue weighted by atomic mass is 32.1. The molecule has 0 radical (unpaired) electrons. The van der Waals surface area contributed by atoms with Crippen LogP contribution in [0.2, 0.25) is 0 Å². The third-order valence-electron chi connectivity index (χ3n) is 5.52. The Morgan fingerprint density at radius 2 is 2.07 bits per heavy atom. The van der Waals surface area contributed by atoms with Gasteiger partial charge in [-0.2, -0.15) is 5.10 Å². The molecule has 2 N–H and O–H groups in total. The van der Waals surface area contributed by atoms with Gasteiger partial charge in [-0.1, -0.05) is 36.8 Å². The third kappa shape index (κ3) is 4.15. The predicted octanol–water partition coefficient (Wildman–Crippen LogP) is 3.97. The van der Waals surface area contributed by atoms with Crippen molar-refractivity contribution in [2.45, 2.75) is 51.9 Å². The molecule has 1 aliphatic carbocycles. The molecule has 0 aliphatic heterocycles. The summed E-state index contributed by atoms with van der Waals surface area (Å²) >= 11 is 1.48. The maximum atomic E-state index is 12.4. The lowest BCUT2D eigenvalue weighted by atomic mass is 9.82. The lowest BCUT2D eigenvalue weighted by molar-refractivity contribution is -0.120. The molecule has 7 heteroatoms. The van der Waals surface area contributed by atoms with Crippen molar-refractivity contribution in [2.75, 3.05) is 0 Å². The van der Waals surface area contributed by atoms with Crippen molar-refractivity contribution in [3.8, 4) is 0 Å². The number of carbonyl (C=O) groups excluding carboxylic acids is 1. The molecule has 3 aromatic rings. The Bertz CT molecular complexity index is 1130. The minimum Gasteiger partial charge on any atom is -0.309 e. The highest BCUT2D eigenvalue weighted by molar-refractivity contribution is 7.18. The number of aromatic nitrogens is 2. The summed E-state index contributed by atoms with van der Waals surface area (Å²) in [6.45, 7) is 3.89. The molecule has 150 valence electrons. The number of nitrogens with one attached hydrogen (secondary N) is 2. The summed E-state index contributed by atoms with van der Waals surface area (Å²) < 4.78 is 0. The number of hydrogen-bond donors (Lipinski definition) is 2. The Morgan fingerprint density at radius 1 is 1.28 bits per heavy atom. The molecular formula is C22H24N4O2S. The first-order valence-electron chi connectivity index (χ1n) is 9.92. The molecule has 1 atom stereocenters. The van der Waals surface area contributed by atoms with Crippen molar-refractivity contribution >= 4 is 33.2 Å². The number of aryl methyl sites for hydroxylation is 2. The summed E-state index contributed by atoms with van der Waals surface area (Å²) in [5.74, 6) is 0.337. The van der Waals surface area contributed by atoms with E-state index in [2.05, 4.69) is 32.6 Å². The van der Waals surface area contributed by atoms with Gasteiger partial charge in [0.25, 0.3) is 5.56 Å². The van der Waals surface area contributed by atoms with E-state index in [0.29, 0.717) is 16.0 Å². The van der Waals surface area contributed by atoms with Gasteiger partial charge in [0, 0.05) is 16.5 Å². The number of hydrogen-bond acceptors (Lipinski definition) is 5. The summed E-state index contributed by atoms with van der Waals surface area (Å²) in [5.41, 5.74) is 5.68. The quantitative estimate of drug-likeness (QED) is 0.640. The highest BCUT2D eigenvalue weighted by Gasteiger charge is 2.22. The molecule has 0 saturated heterocycles. The molecule has 1 fully saturated rings. The summed E-state index contributed by atoms with van der Waals surface area (Å²) in [6.07, 6.45) is 4.17. The molecule has 1 saturated carbocycles. The van der Waals surface area contributed by atoms with Crippen LogP contribution >= 0.6 is 11.3 Å². The first kappa shape index (κ1) is 19.5. The minimum absolute atomic E-state index is 0.00599. The summed E-state index contributed by atoms with van der Waals surface area (Å²) in [6, 6.07) is 10.3. The van der Waals surface area contributed by atoms with Gasteiger partial charge < -0.3 is 4.98 Å². The Hall–Kier alpha value is -2.80. The number of hydrazone groups is 1. The van der Waals surface area contributed by atoms with Crippen molar-refractivity contribution < 1.29 is 4.79 Å². The number of rotatable bonds is 4. The van der Waals surface area contributed by atoms with E-state index >= 15 is 0 Å². The van der Waals surface area contributed by atoms with Gasteiger partial charge in [0.1, 0.15) is 10.7 Å². The zero-order valence-corrected chi connectivity index (χ0v) is 17.4. The van der Waals surface area contributed by atoms with Gasteiger partial charge in [0.15, 0.2) is 0 Å². The maximum absolute atomic E-state index is 12.4. The SMILES string of the molecule is Cc1sc2nc(CC(=O)NN=C3CCCC[C@H]3c3ccccc3)[nH]c(=O)c2c1C. The number of fused-ring (bicyclic) bond motifs is 1. The summed E-state index contributed by atoms with van der Waals surface area (Å²) in [7, 11) is 0. The van der Waals surface area contributed by atoms with Gasteiger partial charge in [-0.3, -0.25) is 9.59 Å². The highest BCUT2D eigenvalue weighted by Crippen LogP contribution is 2.30. The molecule has 4 rings (SSSR count). The van der Waals surface area contributed by atoms with Crippen molar-refractivity contribution in [1.29, 1.82) is 0 Å². The van der Waals surface area contributed by atoms with Crippen molar-refractivity contribution in [2.24, 2.45) is 5.10 Å². The van der Waals surface area contributed by atoms with Crippen LogP contribution < -0.4 is 11.0 Å². The third-order valence-corrected chi connectivity index (χ3v) is 6.62. The van der Waals surface area contributed by atoms with Crippen LogP contribution in [-0.2, 0) is 11.2 Å². The average molecular weight is 409 g/mol. The summed E-state index contributed by atoms with van der Waals surface area (Å²) in [5, 5.41) is 5.06. The van der Waals surface area contributed by atoms with Crippen LogP contribution in [0.25, 0.3) is 10.2 Å². The minimum atomic E-state index is -0.276. The van der Waals surface area contributed by atoms with Crippen LogP contribution in [0.3, 0.4) is 0 Å². The topological polar surface area (TPSA) is 87.2 Å². The number of amides is 1. The number of benzene rings is 1. The Balaban J connectivity index is 1.49. The van der Waals surface area contributed by atoms with E-state index in [4.69, 9.17) is 0 Å². The Morgan fingerprint density at radius 3 is 2.86 bits per heavy atom. The van der Waals surface area contributed by atoms with Crippen LogP contribution in [-0.4, -0.2) is 21.6 Å². The fraction of sp³-hybridized carbons (Fsp3) is 0.364. The van der Waals surface area contributed by atoms with Crippen LogP contribution in [0.1, 0.15) is 53.4 Å². The van der Waals surface area contributed by atoms with E-state index in [-0.39, 0.29) is 23.8 Å². The average Bonchev–Trinajstić information content (AvgIpc) is 3.01. The molecule has 2 heterocycles. The van der Waals surface area contributed by atoms with E-state index in [1.54, 1.807) is 0 Å². The molecule has 1 aliphatic rings. The Labute approximate surface area is 173 Å². The van der Waals surface area contributed by atoms with E-state index in [1.807, 2.05) is 32.0 Å². The second-order valence-electron chi connectivity index (χ2n) is 7.50. The second-order valence-corrected chi connectivity index (χ2v) is 8.70. The molecule has 29 heavy (non-hydrogen) atoms. The fourth-order valence-electron chi connectivity index (χ4n) is 3.88. The number of nitrogens with zero attached hydrogens (tertiary/aromatic N) is 2. The number of thiophene rings is 1. The largest absolute Gasteiger partial charge is 0.309 e. The predicted molar refractivity (Wildman–Crippen MR) is 117 cm³/mol. The standard InChI is InChI=1S/C22H24N4O2S/c1-13-14(2)29-22-20(13)21(28)23-18(24-22)12-19(27)26-25-17-11-7-6-10-16(17)15-8-4-3-5-9-15/h3-5,8-9,16H,6-7,10-12H2,1-2H3,(H,26,27)(H,23,24,28)/t16-/m0/s1. The molecule has 1 amide bonds. The van der Waals surface area contributed by atoms with Crippen molar-refractivity contribution in [1.82, 2.24) is 15.4 Å². The molecule has 0 unspecified atom stereocenters. The van der Waals surface area contributed by atoms with E-state index in [9.17, 15) is 9.59 Å². The van der Waals surface area contributed by atoms with E-state index in [0.717, 1.165) is 41.8 Å². The molecule has 2 aromatic heterocycles. The molecule has 0 spiro atoms. The molecule has 6 nitrogen and oxygen atoms in total. The van der Waals surface area contributed by atoms with Crippen molar-refractivity contribution in [3.63, 3.8) is 0 Å². The molecule has 1 aromatic carbocycles. The van der Waals surface area contributed by atoms with Gasteiger partial charge in [0.2, 0.25) is 5.91 Å². The van der Waals surface area contributed by atoms with Crippen LogP contribution in [0.15, 0.2) is 40.2 Å². The fourth-order valence-corrected chi connectivity index (χ4v) is 4.93. The molecule has 0 bridgehead atoms. The van der Waals surface area contributed by atoms with Crippen LogP contribution in [0.5, 0.6) is 0 Å². The van der Waals surface area contributed by atoms with E-state index in [1.165, 1.54) is 16.9 Å².